The van der Waals surface area contributed by atoms with Crippen LogP contribution in [0.4, 0.5) is 4.39 Å². The van der Waals surface area contributed by atoms with Crippen LogP contribution in [0.3, 0.4) is 0 Å². The molecule has 1 aliphatic rings. The second-order valence-electron chi connectivity index (χ2n) is 6.55. The Hall–Kier alpha value is -1.86. The van der Waals surface area contributed by atoms with Crippen LogP contribution >= 0.6 is 0 Å². The summed E-state index contributed by atoms with van der Waals surface area (Å²) in [6.45, 7) is 8.60. The van der Waals surface area contributed by atoms with Gasteiger partial charge in [-0.25, -0.2) is 4.39 Å². The van der Waals surface area contributed by atoms with Crippen molar-refractivity contribution in [3.63, 3.8) is 0 Å². The van der Waals surface area contributed by atoms with E-state index in [0.717, 1.165) is 0 Å². The van der Waals surface area contributed by atoms with Crippen molar-refractivity contribution in [3.8, 4) is 11.8 Å². The molecule has 0 spiro atoms. The lowest BCUT2D eigenvalue weighted by Crippen LogP contribution is -2.30. The zero-order valence-electron chi connectivity index (χ0n) is 12.9. The van der Waals surface area contributed by atoms with Gasteiger partial charge in [-0.1, -0.05) is 39.5 Å². The van der Waals surface area contributed by atoms with E-state index in [1.807, 2.05) is 0 Å². The van der Waals surface area contributed by atoms with E-state index in [0.29, 0.717) is 5.56 Å². The molecule has 0 radical (unpaired) electrons. The second-order valence-corrected chi connectivity index (χ2v) is 6.55. The molecule has 0 aromatic heterocycles. The van der Waals surface area contributed by atoms with Crippen LogP contribution < -0.4 is 11.1 Å². The molecule has 0 aliphatic heterocycles. The smallest absolute Gasteiger partial charge is 0.254 e. The van der Waals surface area contributed by atoms with Crippen molar-refractivity contribution in [2.24, 2.45) is 16.6 Å². The van der Waals surface area contributed by atoms with Crippen molar-refractivity contribution < 1.29 is 9.18 Å². The minimum atomic E-state index is -0.540. The van der Waals surface area contributed by atoms with Crippen LogP contribution in [-0.4, -0.2) is 18.5 Å². The third kappa shape index (κ3) is 2.66. The van der Waals surface area contributed by atoms with Gasteiger partial charge in [-0.05, 0) is 29.0 Å². The Balaban J connectivity index is 2.20. The number of nitrogens with one attached hydrogen (secondary N) is 1. The summed E-state index contributed by atoms with van der Waals surface area (Å²) >= 11 is 0. The standard InChI is InChI=1S/C17H21FN2O/c1-16(2)15(17(16,3)4)20-14(21)12-10-11(6-5-9-19)7-8-13(12)18/h7-8,10,15H,9,19H2,1-4H3,(H,20,21). The molecule has 1 aromatic rings. The summed E-state index contributed by atoms with van der Waals surface area (Å²) in [5.41, 5.74) is 5.94. The topological polar surface area (TPSA) is 55.1 Å². The molecule has 2 rings (SSSR count). The molecule has 21 heavy (non-hydrogen) atoms. The highest BCUT2D eigenvalue weighted by atomic mass is 19.1. The summed E-state index contributed by atoms with van der Waals surface area (Å²) in [5.74, 6) is 4.56. The molecule has 0 saturated heterocycles. The molecule has 0 bridgehead atoms. The van der Waals surface area contributed by atoms with E-state index in [2.05, 4.69) is 44.9 Å². The molecular weight excluding hydrogens is 267 g/mol. The molecular formula is C17H21FN2O. The van der Waals surface area contributed by atoms with Crippen LogP contribution in [0.5, 0.6) is 0 Å². The summed E-state index contributed by atoms with van der Waals surface area (Å²) in [4.78, 5) is 12.3. The normalized spacial score (nSPS) is 18.6. The van der Waals surface area contributed by atoms with Crippen LogP contribution in [0, 0.1) is 28.5 Å². The molecule has 3 nitrogen and oxygen atoms in total. The van der Waals surface area contributed by atoms with Gasteiger partial charge in [-0.3, -0.25) is 4.79 Å². The van der Waals surface area contributed by atoms with E-state index in [4.69, 9.17) is 5.73 Å². The first kappa shape index (κ1) is 15.5. The second kappa shape index (κ2) is 5.16. The van der Waals surface area contributed by atoms with Gasteiger partial charge in [0.25, 0.3) is 5.91 Å². The zero-order chi connectivity index (χ0) is 15.8. The van der Waals surface area contributed by atoms with Gasteiger partial charge in [-0.2, -0.15) is 0 Å². The summed E-state index contributed by atoms with van der Waals surface area (Å²) in [7, 11) is 0. The van der Waals surface area contributed by atoms with Crippen molar-refractivity contribution in [3.05, 3.63) is 35.1 Å². The van der Waals surface area contributed by atoms with Crippen LogP contribution in [0.25, 0.3) is 0 Å². The third-order valence-corrected chi connectivity index (χ3v) is 4.84. The molecule has 1 fully saturated rings. The van der Waals surface area contributed by atoms with Crippen LogP contribution in [0.1, 0.15) is 43.6 Å². The van der Waals surface area contributed by atoms with E-state index in [1.54, 1.807) is 6.07 Å². The lowest BCUT2D eigenvalue weighted by Gasteiger charge is -2.08. The van der Waals surface area contributed by atoms with E-state index in [1.165, 1.54) is 12.1 Å². The largest absolute Gasteiger partial charge is 0.348 e. The fraction of sp³-hybridized carbons (Fsp3) is 0.471. The number of benzene rings is 1. The van der Waals surface area contributed by atoms with Gasteiger partial charge in [0.05, 0.1) is 12.1 Å². The number of rotatable bonds is 2. The maximum atomic E-state index is 13.9. The van der Waals surface area contributed by atoms with Crippen LogP contribution in [0.2, 0.25) is 0 Å². The number of amides is 1. The average molecular weight is 288 g/mol. The SMILES string of the molecule is CC1(C)C(NC(=O)c2cc(C#CCN)ccc2F)C1(C)C. The Kier molecular flexibility index (Phi) is 3.81. The summed E-state index contributed by atoms with van der Waals surface area (Å²) < 4.78 is 13.9. The molecule has 0 atom stereocenters. The minimum Gasteiger partial charge on any atom is -0.348 e. The molecule has 1 aliphatic carbocycles. The van der Waals surface area contributed by atoms with Gasteiger partial charge < -0.3 is 11.1 Å². The fourth-order valence-corrected chi connectivity index (χ4v) is 2.70. The predicted octanol–water partition coefficient (Wildman–Crippen LogP) is 2.30. The average Bonchev–Trinajstić information content (AvgIpc) is 2.80. The van der Waals surface area contributed by atoms with Crippen molar-refractivity contribution in [2.45, 2.75) is 33.7 Å². The highest BCUT2D eigenvalue weighted by molar-refractivity contribution is 5.95. The minimum absolute atomic E-state index is 0.0100. The summed E-state index contributed by atoms with van der Waals surface area (Å²) in [6, 6.07) is 4.31. The number of hydrogen-bond donors (Lipinski definition) is 2. The van der Waals surface area contributed by atoms with Crippen LogP contribution in [0.15, 0.2) is 18.2 Å². The first-order valence-corrected chi connectivity index (χ1v) is 7.01. The van der Waals surface area contributed by atoms with E-state index >= 15 is 0 Å². The van der Waals surface area contributed by atoms with Crippen molar-refractivity contribution >= 4 is 5.91 Å². The first-order chi connectivity index (χ1) is 9.71. The Morgan fingerprint density at radius 3 is 2.48 bits per heavy atom. The van der Waals surface area contributed by atoms with E-state index in [9.17, 15) is 9.18 Å². The molecule has 112 valence electrons. The first-order valence-electron chi connectivity index (χ1n) is 7.01. The molecule has 3 N–H and O–H groups in total. The van der Waals surface area contributed by atoms with Gasteiger partial charge in [0.2, 0.25) is 0 Å². The highest BCUT2D eigenvalue weighted by Gasteiger charge is 2.65. The molecule has 0 unspecified atom stereocenters. The van der Waals surface area contributed by atoms with Gasteiger partial charge in [-0.15, -0.1) is 0 Å². The maximum absolute atomic E-state index is 13.9. The maximum Gasteiger partial charge on any atom is 0.254 e. The van der Waals surface area contributed by atoms with Crippen molar-refractivity contribution in [1.82, 2.24) is 5.32 Å². The molecule has 1 aromatic carbocycles. The Labute approximate surface area is 125 Å². The Morgan fingerprint density at radius 2 is 1.95 bits per heavy atom. The van der Waals surface area contributed by atoms with Gasteiger partial charge in [0.1, 0.15) is 5.82 Å². The van der Waals surface area contributed by atoms with Gasteiger partial charge >= 0.3 is 0 Å². The molecule has 1 amide bonds. The van der Waals surface area contributed by atoms with Crippen molar-refractivity contribution in [1.29, 1.82) is 0 Å². The van der Waals surface area contributed by atoms with Gasteiger partial charge in [0, 0.05) is 11.6 Å². The quantitative estimate of drug-likeness (QED) is 0.820. The number of halogens is 1. The predicted molar refractivity (Wildman–Crippen MR) is 81.1 cm³/mol. The van der Waals surface area contributed by atoms with Crippen LogP contribution in [-0.2, 0) is 0 Å². The Bertz CT molecular complexity index is 624. The molecule has 1 saturated carbocycles. The Morgan fingerprint density at radius 1 is 1.33 bits per heavy atom. The molecule has 0 heterocycles. The lowest BCUT2D eigenvalue weighted by molar-refractivity contribution is 0.0939. The monoisotopic (exact) mass is 288 g/mol. The van der Waals surface area contributed by atoms with Crippen molar-refractivity contribution in [2.75, 3.05) is 6.54 Å². The van der Waals surface area contributed by atoms with E-state index in [-0.39, 0.29) is 29.0 Å². The zero-order valence-corrected chi connectivity index (χ0v) is 12.9. The fourth-order valence-electron chi connectivity index (χ4n) is 2.70. The third-order valence-electron chi connectivity index (χ3n) is 4.84. The summed E-state index contributed by atoms with van der Waals surface area (Å²) in [6.07, 6.45) is 0. The van der Waals surface area contributed by atoms with Gasteiger partial charge in [0.15, 0.2) is 0 Å². The number of carbonyl (C=O) groups excluding carboxylic acids is 1. The summed E-state index contributed by atoms with van der Waals surface area (Å²) in [5, 5.41) is 2.92. The number of carbonyl (C=O) groups is 1. The number of hydrogen-bond acceptors (Lipinski definition) is 2. The van der Waals surface area contributed by atoms with E-state index < -0.39 is 11.7 Å². The molecule has 4 heteroatoms. The number of nitrogens with two attached hydrogens (primary N) is 1. The highest BCUT2D eigenvalue weighted by Crippen LogP contribution is 2.62. The lowest BCUT2D eigenvalue weighted by atomic mass is 10.0.